The van der Waals surface area contributed by atoms with Crippen LogP contribution < -0.4 is 0 Å². The van der Waals surface area contributed by atoms with Crippen LogP contribution in [0.2, 0.25) is 0 Å². The Morgan fingerprint density at radius 3 is 1.58 bits per heavy atom. The van der Waals surface area contributed by atoms with Gasteiger partial charge in [-0.2, -0.15) is 0 Å². The molecular weight excluding hydrogens is 546 g/mol. The summed E-state index contributed by atoms with van der Waals surface area (Å²) in [4.78, 5) is 42.0. The highest BCUT2D eigenvalue weighted by molar-refractivity contribution is 5.89. The first-order chi connectivity index (χ1) is 20.2. The summed E-state index contributed by atoms with van der Waals surface area (Å²) in [7, 11) is 0. The van der Waals surface area contributed by atoms with Crippen molar-refractivity contribution in [3.8, 4) is 0 Å². The number of carbonyl (C=O) groups is 3. The molecule has 9 heteroatoms. The van der Waals surface area contributed by atoms with Crippen LogP contribution >= 0.6 is 0 Å². The first-order valence-electron chi connectivity index (χ1n) is 16.8. The number of carbonyl (C=O) groups excluding carboxylic acids is 3. The Morgan fingerprint density at radius 1 is 0.744 bits per heavy atom. The summed E-state index contributed by atoms with van der Waals surface area (Å²) < 4.78 is 17.1. The van der Waals surface area contributed by atoms with Gasteiger partial charge in [-0.05, 0) is 90.9 Å². The van der Waals surface area contributed by atoms with E-state index in [4.69, 9.17) is 14.2 Å². The highest BCUT2D eigenvalue weighted by Crippen LogP contribution is 2.81. The van der Waals surface area contributed by atoms with Gasteiger partial charge < -0.3 is 28.9 Å². The summed E-state index contributed by atoms with van der Waals surface area (Å²) in [6.07, 6.45) is 10.3. The molecule has 5 aliphatic carbocycles. The first kappa shape index (κ1) is 28.5. The molecule has 236 valence electrons. The van der Waals surface area contributed by atoms with Gasteiger partial charge in [0, 0.05) is 30.1 Å². The van der Waals surface area contributed by atoms with Gasteiger partial charge >= 0.3 is 0 Å². The number of hydrogen-bond acceptors (Lipinski definition) is 6. The first-order valence-corrected chi connectivity index (χ1v) is 16.8. The van der Waals surface area contributed by atoms with E-state index in [0.29, 0.717) is 71.4 Å². The van der Waals surface area contributed by atoms with Crippen molar-refractivity contribution in [1.82, 2.24) is 14.7 Å². The quantitative estimate of drug-likeness (QED) is 0.448. The molecule has 0 aromatic heterocycles. The van der Waals surface area contributed by atoms with Gasteiger partial charge in [0.05, 0.1) is 37.9 Å². The Hall–Kier alpha value is -1.97. The van der Waals surface area contributed by atoms with Gasteiger partial charge in [0.25, 0.3) is 0 Å². The summed E-state index contributed by atoms with van der Waals surface area (Å²) in [6.45, 7) is 16.0. The molecule has 9 nitrogen and oxygen atoms in total. The lowest BCUT2D eigenvalue weighted by molar-refractivity contribution is -0.146. The SMILES string of the molecule is CC1(C)OC[C@@H]2C3[C@H](C(=O)N21)C31CC1.CC1(C)OC[C@@H]2[C@H]3[C@@H](C(=O)N21)C31CC1.CCC(=O)N1[C@@H](C=C2CC2)COC1(C)C. The minimum absolute atomic E-state index is 0.157. The molecule has 43 heavy (non-hydrogen) atoms. The molecular formula is C34H49N3O6. The molecule has 5 saturated carbocycles. The zero-order chi connectivity index (χ0) is 30.5. The second-order valence-electron chi connectivity index (χ2n) is 16.3. The van der Waals surface area contributed by atoms with E-state index in [2.05, 4.69) is 6.08 Å². The van der Waals surface area contributed by atoms with E-state index in [-0.39, 0.29) is 23.4 Å². The van der Waals surface area contributed by atoms with Gasteiger partial charge in [0.2, 0.25) is 17.7 Å². The zero-order valence-electron chi connectivity index (χ0n) is 27.0. The normalized spacial score (nSPS) is 42.0. The van der Waals surface area contributed by atoms with E-state index < -0.39 is 5.72 Å². The van der Waals surface area contributed by atoms with Crippen LogP contribution in [0.15, 0.2) is 11.6 Å². The molecule has 7 atom stereocenters. The predicted octanol–water partition coefficient (Wildman–Crippen LogP) is 4.06. The highest BCUT2D eigenvalue weighted by Gasteiger charge is 2.84. The number of ether oxygens (including phenoxy) is 3. The van der Waals surface area contributed by atoms with Crippen LogP contribution in [0.5, 0.6) is 0 Å². The second-order valence-corrected chi connectivity index (χ2v) is 16.3. The summed E-state index contributed by atoms with van der Waals surface area (Å²) in [5.41, 5.74) is 1.29. The molecule has 2 spiro atoms. The molecule has 0 aromatic rings. The molecule has 5 heterocycles. The van der Waals surface area contributed by atoms with Gasteiger partial charge in [0.15, 0.2) is 0 Å². The van der Waals surface area contributed by atoms with E-state index in [1.54, 1.807) is 0 Å². The Balaban J connectivity index is 0.0000000969. The monoisotopic (exact) mass is 595 g/mol. The average Bonchev–Trinajstić information content (AvgIpc) is 3.80. The Morgan fingerprint density at radius 2 is 1.19 bits per heavy atom. The number of piperidine rings is 2. The molecule has 10 aliphatic rings. The van der Waals surface area contributed by atoms with E-state index in [9.17, 15) is 14.4 Å². The second kappa shape index (κ2) is 8.64. The summed E-state index contributed by atoms with van der Waals surface area (Å²) in [5.74, 6) is 3.00. The molecule has 1 unspecified atom stereocenters. The third-order valence-corrected chi connectivity index (χ3v) is 12.7. The van der Waals surface area contributed by atoms with Crippen LogP contribution in [-0.2, 0) is 28.6 Å². The van der Waals surface area contributed by atoms with Crippen LogP contribution in [0.3, 0.4) is 0 Å². The lowest BCUT2D eigenvalue weighted by Gasteiger charge is -2.32. The standard InChI is InChI=1S/C12H19NO2.2C11H15NO2/c1-4-11(14)13-10(7-9-5-6-9)8-15-12(13,2)3;2*1-10(2)12-6(5-14-10)7-8(9(12)13)11(7)3-4-11/h7,10H,4-6,8H2,1-3H3;2*6-8H,3-5H2,1-2H3/t10-;6-,7?,8-;6-,7+,8+/m011/s1. The van der Waals surface area contributed by atoms with E-state index >= 15 is 0 Å². The minimum atomic E-state index is -0.441. The number of allylic oxidation sites excluding steroid dienone is 1. The van der Waals surface area contributed by atoms with Crippen LogP contribution in [0.1, 0.15) is 93.4 Å². The number of amides is 3. The molecule has 0 bridgehead atoms. The van der Waals surface area contributed by atoms with Crippen molar-refractivity contribution in [1.29, 1.82) is 0 Å². The fraction of sp³-hybridized carbons (Fsp3) is 0.853. The van der Waals surface area contributed by atoms with Crippen molar-refractivity contribution in [2.24, 2.45) is 34.5 Å². The Labute approximate surface area is 255 Å². The van der Waals surface area contributed by atoms with Crippen molar-refractivity contribution in [3.05, 3.63) is 11.6 Å². The topological polar surface area (TPSA) is 88.6 Å². The summed E-state index contributed by atoms with van der Waals surface area (Å²) >= 11 is 0. The zero-order valence-corrected chi connectivity index (χ0v) is 27.0. The number of fused-ring (bicyclic) bond motifs is 10. The van der Waals surface area contributed by atoms with E-state index in [1.807, 2.05) is 63.2 Å². The lowest BCUT2D eigenvalue weighted by atomic mass is 10.1. The van der Waals surface area contributed by atoms with Gasteiger partial charge in [-0.1, -0.05) is 18.6 Å². The van der Waals surface area contributed by atoms with Crippen molar-refractivity contribution >= 4 is 17.7 Å². The molecule has 3 amide bonds. The molecule has 0 radical (unpaired) electrons. The number of rotatable bonds is 2. The molecule has 10 fully saturated rings. The van der Waals surface area contributed by atoms with Gasteiger partial charge in [-0.3, -0.25) is 14.4 Å². The van der Waals surface area contributed by atoms with Crippen molar-refractivity contribution in [2.45, 2.75) is 129 Å². The summed E-state index contributed by atoms with van der Waals surface area (Å²) in [6, 6.07) is 0.972. The molecule has 0 N–H and O–H groups in total. The minimum Gasteiger partial charge on any atom is -0.354 e. The van der Waals surface area contributed by atoms with Gasteiger partial charge in [-0.25, -0.2) is 0 Å². The average molecular weight is 596 g/mol. The van der Waals surface area contributed by atoms with Crippen LogP contribution in [0.25, 0.3) is 0 Å². The van der Waals surface area contributed by atoms with Gasteiger partial charge in [0.1, 0.15) is 17.2 Å². The largest absolute Gasteiger partial charge is 0.354 e. The van der Waals surface area contributed by atoms with Crippen LogP contribution in [0, 0.1) is 34.5 Å². The highest BCUT2D eigenvalue weighted by atomic mass is 16.5. The van der Waals surface area contributed by atoms with E-state index in [1.165, 1.54) is 44.1 Å². The maximum absolute atomic E-state index is 12.1. The third kappa shape index (κ3) is 3.95. The number of hydrogen-bond donors (Lipinski definition) is 0. The third-order valence-electron chi connectivity index (χ3n) is 12.7. The fourth-order valence-electron chi connectivity index (χ4n) is 10.1. The lowest BCUT2D eigenvalue weighted by Crippen LogP contribution is -2.47. The maximum Gasteiger partial charge on any atom is 0.229 e. The van der Waals surface area contributed by atoms with Crippen LogP contribution in [0.4, 0.5) is 0 Å². The van der Waals surface area contributed by atoms with Crippen molar-refractivity contribution in [2.75, 3.05) is 19.8 Å². The Kier molecular flexibility index (Phi) is 5.72. The Bertz CT molecular complexity index is 1240. The fourth-order valence-corrected chi connectivity index (χ4v) is 10.1. The van der Waals surface area contributed by atoms with E-state index in [0.717, 1.165) is 13.2 Å². The maximum atomic E-state index is 12.1. The predicted molar refractivity (Wildman–Crippen MR) is 157 cm³/mol. The molecule has 0 aromatic carbocycles. The molecule has 10 rings (SSSR count). The van der Waals surface area contributed by atoms with Crippen LogP contribution in [-0.4, -0.2) is 87.5 Å². The smallest absolute Gasteiger partial charge is 0.229 e. The number of nitrogens with zero attached hydrogens (tertiary/aromatic N) is 3. The van der Waals surface area contributed by atoms with Crippen molar-refractivity contribution < 1.29 is 28.6 Å². The van der Waals surface area contributed by atoms with Gasteiger partial charge in [-0.15, -0.1) is 0 Å². The van der Waals surface area contributed by atoms with Crippen molar-refractivity contribution in [3.63, 3.8) is 0 Å². The molecule has 5 aliphatic heterocycles. The molecule has 5 saturated heterocycles. The summed E-state index contributed by atoms with van der Waals surface area (Å²) in [5, 5.41) is 0.